The van der Waals surface area contributed by atoms with Crippen LogP contribution >= 0.6 is 46.1 Å². The van der Waals surface area contributed by atoms with Crippen LogP contribution in [0.1, 0.15) is 106 Å². The molecule has 0 spiro atoms. The number of hydrogen-bond acceptors (Lipinski definition) is 29. The van der Waals surface area contributed by atoms with Gasteiger partial charge in [0.15, 0.2) is 45.9 Å². The van der Waals surface area contributed by atoms with Crippen molar-refractivity contribution in [3.8, 4) is 45.0 Å². The molecule has 0 amide bonds. The molecule has 0 unspecified atom stereocenters. The highest BCUT2D eigenvalue weighted by Gasteiger charge is 2.23. The number of ether oxygens (including phenoxy) is 1. The quantitative estimate of drug-likeness (QED) is 0.0278. The van der Waals surface area contributed by atoms with Crippen LogP contribution < -0.4 is 21.3 Å². The number of H-pyrrole nitrogens is 4. The molecule has 0 aliphatic carbocycles. The van der Waals surface area contributed by atoms with Crippen LogP contribution in [0.2, 0.25) is 0 Å². The number of nitrogens with one attached hydrogen (secondary N) is 8. The number of rotatable bonds is 24. The number of benzene rings is 2. The first kappa shape index (κ1) is 86.1. The van der Waals surface area contributed by atoms with E-state index in [1.54, 1.807) is 24.8 Å². The Morgan fingerprint density at radius 1 is 0.405 bits per heavy atom. The predicted molar refractivity (Wildman–Crippen MR) is 483 cm³/mol. The molecule has 2 aromatic carbocycles. The molecule has 18 heterocycles. The fourth-order valence-electron chi connectivity index (χ4n) is 14.1. The van der Waals surface area contributed by atoms with Gasteiger partial charge in [0, 0.05) is 131 Å². The molecule has 0 radical (unpaired) electrons. The Labute approximate surface area is 717 Å². The summed E-state index contributed by atoms with van der Waals surface area (Å²) in [6.07, 6.45) is 29.8. The van der Waals surface area contributed by atoms with E-state index in [4.69, 9.17) is 4.74 Å². The summed E-state index contributed by atoms with van der Waals surface area (Å²) in [4.78, 5) is 46.3. The minimum Gasteiger partial charge on any atom is -0.379 e. The van der Waals surface area contributed by atoms with E-state index in [1.807, 2.05) is 126 Å². The number of fused-ring (bicyclic) bond motifs is 5. The van der Waals surface area contributed by atoms with Gasteiger partial charge < -0.3 is 26.0 Å². The van der Waals surface area contributed by atoms with Crippen LogP contribution in [0.25, 0.3) is 67.6 Å². The van der Waals surface area contributed by atoms with Crippen molar-refractivity contribution >= 4 is 112 Å². The number of imidazole rings is 4. The zero-order valence-electron chi connectivity index (χ0n) is 65.2. The fraction of sp³-hybridized carbons (Fsp3) is 0.286. The lowest BCUT2D eigenvalue weighted by Gasteiger charge is -2.25. The van der Waals surface area contributed by atoms with Crippen LogP contribution in [0.5, 0.6) is 0 Å². The van der Waals surface area contributed by atoms with Crippen LogP contribution in [0.15, 0.2) is 178 Å². The van der Waals surface area contributed by atoms with E-state index in [0.717, 1.165) is 236 Å². The highest BCUT2D eigenvalue weighted by Crippen LogP contribution is 2.35. The van der Waals surface area contributed by atoms with Gasteiger partial charge in [0.25, 0.3) is 0 Å². The van der Waals surface area contributed by atoms with Crippen LogP contribution in [0.3, 0.4) is 0 Å². The van der Waals surface area contributed by atoms with Gasteiger partial charge in [-0.15, -0.1) is 0 Å². The van der Waals surface area contributed by atoms with Gasteiger partial charge in [-0.3, -0.25) is 57.6 Å². The number of anilines is 8. The summed E-state index contributed by atoms with van der Waals surface area (Å²) in [5.41, 5.74) is 22.8. The second kappa shape index (κ2) is 39.4. The van der Waals surface area contributed by atoms with Crippen molar-refractivity contribution in [3.63, 3.8) is 0 Å². The molecule has 16 aromatic heterocycles. The van der Waals surface area contributed by atoms with E-state index >= 15 is 0 Å². The van der Waals surface area contributed by atoms with Gasteiger partial charge in [-0.05, 0) is 135 Å². The number of aromatic amines is 4. The van der Waals surface area contributed by atoms with Crippen LogP contribution in [-0.4, -0.2) is 182 Å². The number of morpholine rings is 1. The molecule has 37 heteroatoms. The normalized spacial score (nSPS) is 12.6. The Hall–Kier alpha value is -12.7. The van der Waals surface area contributed by atoms with E-state index in [-0.39, 0.29) is 29.7 Å². The third kappa shape index (κ3) is 20.3. The van der Waals surface area contributed by atoms with E-state index in [0.29, 0.717) is 5.82 Å². The molecule has 1 fully saturated rings. The molecule has 0 saturated carbocycles. The minimum absolute atomic E-state index is 0. The molecule has 2 aliphatic rings. The lowest BCUT2D eigenvalue weighted by atomic mass is 10.1. The van der Waals surface area contributed by atoms with Crippen molar-refractivity contribution in [2.24, 2.45) is 0 Å². The Kier molecular flexibility index (Phi) is 28.1. The predicted octanol–water partition coefficient (Wildman–Crippen LogP) is 16.9. The summed E-state index contributed by atoms with van der Waals surface area (Å²) in [6.45, 7) is 23.9. The summed E-state index contributed by atoms with van der Waals surface area (Å²) in [6, 6.07) is 27.4. The maximum atomic E-state index is 5.41. The van der Waals surface area contributed by atoms with Crippen molar-refractivity contribution in [1.82, 2.24) is 135 Å². The van der Waals surface area contributed by atoms with Gasteiger partial charge in [-0.1, -0.05) is 98.2 Å². The first-order valence-electron chi connectivity index (χ1n) is 38.1. The van der Waals surface area contributed by atoms with Crippen molar-refractivity contribution in [1.29, 1.82) is 0 Å². The van der Waals surface area contributed by atoms with Gasteiger partial charge in [0.1, 0.15) is 20.0 Å². The zero-order valence-corrected chi connectivity index (χ0v) is 68.5. The van der Waals surface area contributed by atoms with E-state index in [9.17, 15) is 0 Å². The maximum Gasteiger partial charge on any atom is 0.180 e. The standard InChI is InChI=1S/C22H20N8S.C22H22N8S.C18H20N8OS.C18H22N8S.4CH4/c1-14-10-30-19(17-7-24-25-8-17)9-23-22(30)21(26-14)27-20-6-18(28-31-20)13-29-11-15-4-2-3-5-16(15)12-29;1-15-12-30-19(17-9-24-25-10-17)11-23-22(30)21(26-15)27-20-8-18(28-31-20)14-29(2)13-16-6-4-3-5-7-16;1-12-10-26-15(13-7-20-21-8-13)9-19-18(26)17(22-12)23-16-6-14(24-28-16)11-25-2-4-27-5-3-25;1-4-25(5-2)11-14-6-16(27-24-14)23-17-18-19-9-15(13-7-20-21-8-13)26(18)10-12(3)22-17;;;;/h2-10H,11-13H2,1H3,(H,24,25)(H,26,27);3-12H,13-14H2,1-2H3,(H,24,25)(H,26,27);6-10H,2-5,11H2,1H3,(H,20,21)(H,22,23);6-10H,4-5,11H2,1-3H3,(H,20,21)(H,22,23);4*1H4. The monoisotopic (exact) mass is 1700 g/mol. The lowest BCUT2D eigenvalue weighted by molar-refractivity contribution is 0.0338. The summed E-state index contributed by atoms with van der Waals surface area (Å²) in [7, 11) is 2.10. The Morgan fingerprint density at radius 2 is 0.736 bits per heavy atom. The Balaban J connectivity index is 0.000000138. The molecule has 2 aliphatic heterocycles. The molecule has 33 nitrogen and oxygen atoms in total. The molecule has 8 N–H and O–H groups in total. The van der Waals surface area contributed by atoms with Gasteiger partial charge in [0.2, 0.25) is 0 Å². The van der Waals surface area contributed by atoms with Gasteiger partial charge in [0.05, 0.1) is 131 Å². The number of aryl methyl sites for hydroxylation is 4. The van der Waals surface area contributed by atoms with Crippen LogP contribution in [0.4, 0.5) is 43.3 Å². The molecule has 1 saturated heterocycles. The molecule has 0 bridgehead atoms. The van der Waals surface area contributed by atoms with Crippen molar-refractivity contribution in [2.75, 3.05) is 67.7 Å². The van der Waals surface area contributed by atoms with Gasteiger partial charge in [-0.2, -0.15) is 37.9 Å². The number of nitrogens with zero attached hydrogens (tertiary/aromatic N) is 24. The molecular weight excluding hydrogens is 1600 g/mol. The molecule has 626 valence electrons. The third-order valence-corrected chi connectivity index (χ3v) is 22.6. The summed E-state index contributed by atoms with van der Waals surface area (Å²) < 4.78 is 32.0. The van der Waals surface area contributed by atoms with Gasteiger partial charge in [-0.25, -0.2) is 39.9 Å². The van der Waals surface area contributed by atoms with Crippen molar-refractivity contribution in [2.45, 2.75) is 117 Å². The number of aromatic nitrogens is 24. The smallest absolute Gasteiger partial charge is 0.180 e. The zero-order chi connectivity index (χ0) is 79.7. The van der Waals surface area contributed by atoms with Crippen LogP contribution in [0, 0.1) is 27.7 Å². The lowest BCUT2D eigenvalue weighted by Crippen LogP contribution is -2.35. The topological polar surface area (TPSA) is 357 Å². The summed E-state index contributed by atoms with van der Waals surface area (Å²) in [5, 5.41) is 45.0. The molecule has 121 heavy (non-hydrogen) atoms. The van der Waals surface area contributed by atoms with Gasteiger partial charge >= 0.3 is 0 Å². The van der Waals surface area contributed by atoms with Crippen molar-refractivity contribution < 1.29 is 4.74 Å². The van der Waals surface area contributed by atoms with Crippen molar-refractivity contribution in [3.05, 3.63) is 240 Å². The molecule has 18 aromatic rings. The second-order valence-electron chi connectivity index (χ2n) is 28.4. The third-order valence-electron chi connectivity index (χ3n) is 19.6. The number of hydrogen-bond donors (Lipinski definition) is 8. The summed E-state index contributed by atoms with van der Waals surface area (Å²) in [5.74, 6) is 2.88. The summed E-state index contributed by atoms with van der Waals surface area (Å²) >= 11 is 5.77. The average molecular weight is 1700 g/mol. The first-order chi connectivity index (χ1) is 57.3. The molecule has 20 rings (SSSR count). The van der Waals surface area contributed by atoms with E-state index in [2.05, 4.69) is 233 Å². The Morgan fingerprint density at radius 3 is 1.08 bits per heavy atom. The maximum absolute atomic E-state index is 5.41. The highest BCUT2D eigenvalue weighted by atomic mass is 32.1. The van der Waals surface area contributed by atoms with Crippen LogP contribution in [-0.2, 0) is 50.6 Å². The van der Waals surface area contributed by atoms with E-state index in [1.165, 1.54) is 62.8 Å². The average Bonchev–Trinajstić information content (AvgIpc) is 1.65. The van der Waals surface area contributed by atoms with E-state index < -0.39 is 0 Å². The minimum atomic E-state index is 0. The first-order valence-corrected chi connectivity index (χ1v) is 41.2. The largest absolute Gasteiger partial charge is 0.379 e. The fourth-order valence-corrected chi connectivity index (χ4v) is 16.7. The molecule has 0 atom stereocenters. The second-order valence-corrected chi connectivity index (χ2v) is 31.6. The Bertz CT molecular complexity index is 6260. The highest BCUT2D eigenvalue weighted by molar-refractivity contribution is 7.11. The molecular formula is C84H100N32OS4. The SMILES string of the molecule is C.C.C.C.CCN(CC)Cc1cc(Nc2nc(C)cn3c(-c4cn[nH]c4)cnc23)sn1.Cc1cn2c(-c3cn[nH]c3)cnc2c(Nc2cc(CN(C)Cc3ccccc3)ns2)n1.Cc1cn2c(-c3cn[nH]c3)cnc2c(Nc2cc(CN3CCOCC3)ns2)n1.Cc1cn2c(-c3cn[nH]c3)cnc2c(Nc2cc(CN3Cc4ccccc4C3)ns2)n1.